The number of benzene rings is 1. The molecule has 1 nitrogen and oxygen atoms in total. The van der Waals surface area contributed by atoms with Crippen molar-refractivity contribution in [3.8, 4) is 0 Å². The maximum atomic E-state index is 10.2. The molecule has 0 fully saturated rings. The van der Waals surface area contributed by atoms with Gasteiger partial charge in [0.1, 0.15) is 0 Å². The van der Waals surface area contributed by atoms with E-state index in [1.165, 1.54) is 5.56 Å². The minimum Gasteiger partial charge on any atom is -0.388 e. The molecule has 2 rings (SSSR count). The second-order valence-corrected chi connectivity index (χ2v) is 4.18. The van der Waals surface area contributed by atoms with Crippen LogP contribution >= 0.6 is 0 Å². The van der Waals surface area contributed by atoms with E-state index in [-0.39, 0.29) is 6.10 Å². The summed E-state index contributed by atoms with van der Waals surface area (Å²) in [6, 6.07) is 8.23. The summed E-state index contributed by atoms with van der Waals surface area (Å²) in [5, 5.41) is 10.2. The highest BCUT2D eigenvalue weighted by Gasteiger charge is 2.25. The molecule has 0 radical (unpaired) electrons. The summed E-state index contributed by atoms with van der Waals surface area (Å²) in [5.74, 6) is 0.305. The Bertz CT molecular complexity index is 354. The van der Waals surface area contributed by atoms with Gasteiger partial charge in [0, 0.05) is 5.92 Å². The van der Waals surface area contributed by atoms with Gasteiger partial charge in [0.25, 0.3) is 0 Å². The molecular formula is C14H18O. The van der Waals surface area contributed by atoms with E-state index in [0.717, 1.165) is 24.8 Å². The Morgan fingerprint density at radius 1 is 1.40 bits per heavy atom. The van der Waals surface area contributed by atoms with Crippen LogP contribution in [0.15, 0.2) is 36.4 Å². The van der Waals surface area contributed by atoms with Gasteiger partial charge in [0.2, 0.25) is 0 Å². The normalized spacial score (nSPS) is 25.5. The van der Waals surface area contributed by atoms with Crippen LogP contribution in [0, 0.1) is 5.92 Å². The first kappa shape index (κ1) is 10.4. The molecule has 0 spiro atoms. The van der Waals surface area contributed by atoms with Gasteiger partial charge in [-0.15, -0.1) is 0 Å². The number of rotatable bonds is 2. The van der Waals surface area contributed by atoms with E-state index in [9.17, 15) is 5.11 Å². The third-order valence-corrected chi connectivity index (χ3v) is 3.15. The fourth-order valence-electron chi connectivity index (χ4n) is 2.27. The summed E-state index contributed by atoms with van der Waals surface area (Å²) in [5.41, 5.74) is 2.43. The van der Waals surface area contributed by atoms with E-state index in [1.807, 2.05) is 18.2 Å². The second kappa shape index (κ2) is 4.63. The smallest absolute Gasteiger partial charge is 0.0855 e. The van der Waals surface area contributed by atoms with Gasteiger partial charge in [-0.25, -0.2) is 0 Å². The van der Waals surface area contributed by atoms with Gasteiger partial charge in [0.05, 0.1) is 6.10 Å². The standard InChI is InChI=1S/C14H18O/c1-2-3-6-12-10-9-11-7-4-5-8-13(11)14(12)15/h3-8,12,14-15H,2,9-10H2,1H3/b6-3+. The number of allylic oxidation sites excluding steroid dienone is 1. The molecule has 0 saturated carbocycles. The maximum Gasteiger partial charge on any atom is 0.0855 e. The molecule has 2 unspecified atom stereocenters. The summed E-state index contributed by atoms with van der Waals surface area (Å²) in [6.45, 7) is 2.12. The number of aliphatic hydroxyl groups excluding tert-OH is 1. The van der Waals surface area contributed by atoms with Gasteiger partial charge < -0.3 is 5.11 Å². The summed E-state index contributed by atoms with van der Waals surface area (Å²) in [7, 11) is 0. The summed E-state index contributed by atoms with van der Waals surface area (Å²) in [4.78, 5) is 0. The van der Waals surface area contributed by atoms with E-state index < -0.39 is 0 Å². The topological polar surface area (TPSA) is 20.2 Å². The lowest BCUT2D eigenvalue weighted by atomic mass is 9.81. The summed E-state index contributed by atoms with van der Waals surface area (Å²) < 4.78 is 0. The molecule has 0 saturated heterocycles. The quantitative estimate of drug-likeness (QED) is 0.730. The highest BCUT2D eigenvalue weighted by atomic mass is 16.3. The van der Waals surface area contributed by atoms with Crippen LogP contribution in [0.5, 0.6) is 0 Å². The summed E-state index contributed by atoms with van der Waals surface area (Å²) in [6.07, 6.45) is 7.21. The Hall–Kier alpha value is -1.08. The number of hydrogen-bond acceptors (Lipinski definition) is 1. The molecule has 1 heteroatoms. The summed E-state index contributed by atoms with van der Waals surface area (Å²) >= 11 is 0. The van der Waals surface area contributed by atoms with E-state index in [0.29, 0.717) is 5.92 Å². The number of fused-ring (bicyclic) bond motifs is 1. The molecule has 1 aromatic carbocycles. The predicted molar refractivity (Wildman–Crippen MR) is 62.6 cm³/mol. The molecule has 1 aliphatic rings. The first-order chi connectivity index (χ1) is 7.33. The van der Waals surface area contributed by atoms with Gasteiger partial charge >= 0.3 is 0 Å². The third kappa shape index (κ3) is 2.13. The minimum absolute atomic E-state index is 0.305. The Kier molecular flexibility index (Phi) is 3.22. The molecular weight excluding hydrogens is 184 g/mol. The van der Waals surface area contributed by atoms with Crippen molar-refractivity contribution >= 4 is 0 Å². The number of aryl methyl sites for hydroxylation is 1. The van der Waals surface area contributed by atoms with Crippen LogP contribution in [0.3, 0.4) is 0 Å². The maximum absolute atomic E-state index is 10.2. The van der Waals surface area contributed by atoms with Crippen molar-refractivity contribution in [2.45, 2.75) is 32.3 Å². The van der Waals surface area contributed by atoms with Crippen LogP contribution in [0.4, 0.5) is 0 Å². The van der Waals surface area contributed by atoms with Gasteiger partial charge in [-0.1, -0.05) is 43.3 Å². The highest BCUT2D eigenvalue weighted by molar-refractivity contribution is 5.32. The molecule has 1 aromatic rings. The molecule has 0 aliphatic heterocycles. The largest absolute Gasteiger partial charge is 0.388 e. The Morgan fingerprint density at radius 3 is 3.00 bits per heavy atom. The fourth-order valence-corrected chi connectivity index (χ4v) is 2.27. The zero-order valence-corrected chi connectivity index (χ0v) is 9.19. The average molecular weight is 202 g/mol. The molecule has 1 N–H and O–H groups in total. The molecule has 0 aromatic heterocycles. The minimum atomic E-state index is -0.308. The molecule has 0 amide bonds. The number of aliphatic hydroxyl groups is 1. The molecule has 15 heavy (non-hydrogen) atoms. The van der Waals surface area contributed by atoms with E-state index in [2.05, 4.69) is 25.1 Å². The number of hydrogen-bond donors (Lipinski definition) is 1. The Balaban J connectivity index is 2.22. The van der Waals surface area contributed by atoms with Crippen molar-refractivity contribution < 1.29 is 5.11 Å². The van der Waals surface area contributed by atoms with Crippen molar-refractivity contribution in [1.82, 2.24) is 0 Å². The van der Waals surface area contributed by atoms with Crippen molar-refractivity contribution in [2.24, 2.45) is 5.92 Å². The van der Waals surface area contributed by atoms with Crippen LogP contribution < -0.4 is 0 Å². The van der Waals surface area contributed by atoms with Crippen LogP contribution in [0.25, 0.3) is 0 Å². The van der Waals surface area contributed by atoms with Crippen molar-refractivity contribution in [3.05, 3.63) is 47.5 Å². The first-order valence-corrected chi connectivity index (χ1v) is 5.75. The van der Waals surface area contributed by atoms with Crippen LogP contribution in [0.1, 0.15) is 37.0 Å². The van der Waals surface area contributed by atoms with E-state index >= 15 is 0 Å². The van der Waals surface area contributed by atoms with Gasteiger partial charge in [-0.05, 0) is 30.4 Å². The third-order valence-electron chi connectivity index (χ3n) is 3.15. The zero-order chi connectivity index (χ0) is 10.7. The molecule has 0 heterocycles. The highest BCUT2D eigenvalue weighted by Crippen LogP contribution is 2.34. The van der Waals surface area contributed by atoms with Crippen LogP contribution in [-0.2, 0) is 6.42 Å². The zero-order valence-electron chi connectivity index (χ0n) is 9.19. The van der Waals surface area contributed by atoms with Crippen LogP contribution in [-0.4, -0.2) is 5.11 Å². The van der Waals surface area contributed by atoms with Gasteiger partial charge in [-0.2, -0.15) is 0 Å². The Morgan fingerprint density at radius 2 is 2.20 bits per heavy atom. The lowest BCUT2D eigenvalue weighted by molar-refractivity contribution is 0.118. The second-order valence-electron chi connectivity index (χ2n) is 4.18. The molecule has 0 bridgehead atoms. The van der Waals surface area contributed by atoms with Crippen molar-refractivity contribution in [3.63, 3.8) is 0 Å². The SMILES string of the molecule is CC/C=C/C1CCc2ccccc2C1O. The lowest BCUT2D eigenvalue weighted by Crippen LogP contribution is -2.18. The predicted octanol–water partition coefficient (Wildman–Crippen LogP) is 3.25. The van der Waals surface area contributed by atoms with Gasteiger partial charge in [-0.3, -0.25) is 0 Å². The monoisotopic (exact) mass is 202 g/mol. The lowest BCUT2D eigenvalue weighted by Gasteiger charge is -2.27. The Labute approximate surface area is 91.4 Å². The van der Waals surface area contributed by atoms with Crippen molar-refractivity contribution in [2.75, 3.05) is 0 Å². The van der Waals surface area contributed by atoms with Crippen LogP contribution in [0.2, 0.25) is 0 Å². The van der Waals surface area contributed by atoms with Gasteiger partial charge in [0.15, 0.2) is 0 Å². The first-order valence-electron chi connectivity index (χ1n) is 5.75. The molecule has 80 valence electrons. The van der Waals surface area contributed by atoms with E-state index in [4.69, 9.17) is 0 Å². The van der Waals surface area contributed by atoms with Crippen molar-refractivity contribution in [1.29, 1.82) is 0 Å². The average Bonchev–Trinajstić information content (AvgIpc) is 2.29. The molecule has 2 atom stereocenters. The fraction of sp³-hybridized carbons (Fsp3) is 0.429. The molecule has 1 aliphatic carbocycles. The van der Waals surface area contributed by atoms with E-state index in [1.54, 1.807) is 0 Å².